The Bertz CT molecular complexity index is 1570. The van der Waals surface area contributed by atoms with Crippen LogP contribution in [0.4, 0.5) is 15.2 Å². The third-order valence-corrected chi connectivity index (χ3v) is 8.60. The lowest BCUT2D eigenvalue weighted by molar-refractivity contribution is 0.244. The molecule has 0 saturated carbocycles. The van der Waals surface area contributed by atoms with Crippen LogP contribution in [0.25, 0.3) is 32.1 Å². The average Bonchev–Trinajstić information content (AvgIpc) is 3.33. The summed E-state index contributed by atoms with van der Waals surface area (Å²) in [6, 6.07) is 8.30. The highest BCUT2D eigenvalue weighted by Gasteiger charge is 2.44. The van der Waals surface area contributed by atoms with E-state index in [0.29, 0.717) is 51.1 Å². The molecule has 2 saturated heterocycles. The van der Waals surface area contributed by atoms with Gasteiger partial charge in [0, 0.05) is 34.3 Å². The maximum atomic E-state index is 16.3. The molecular formula is C24H18ClFN6OS. The summed E-state index contributed by atoms with van der Waals surface area (Å²) in [5.41, 5.74) is 7.22. The molecule has 2 aromatic heterocycles. The van der Waals surface area contributed by atoms with Crippen LogP contribution in [0, 0.1) is 17.1 Å². The Hall–Kier alpha value is -3.19. The van der Waals surface area contributed by atoms with E-state index in [-0.39, 0.29) is 28.2 Å². The summed E-state index contributed by atoms with van der Waals surface area (Å²) in [6.45, 7) is 1.18. The molecular weight excluding hydrogens is 475 g/mol. The molecule has 10 heteroatoms. The van der Waals surface area contributed by atoms with Gasteiger partial charge in [-0.1, -0.05) is 23.7 Å². The number of hydrogen-bond donors (Lipinski definition) is 2. The van der Waals surface area contributed by atoms with Gasteiger partial charge in [0.2, 0.25) is 0 Å². The molecule has 2 bridgehead atoms. The Kier molecular flexibility index (Phi) is 4.25. The SMILES string of the molecule is N#Cc1c(N)sc2cccc(-c3c(Cl)c4c5c(ncnc5c3F)N3CC5CCC(N5)[C@H]3CO4)c12. The highest BCUT2D eigenvalue weighted by atomic mass is 35.5. The van der Waals surface area contributed by atoms with Gasteiger partial charge in [-0.15, -0.1) is 11.3 Å². The molecule has 5 heterocycles. The van der Waals surface area contributed by atoms with Crippen molar-refractivity contribution in [3.05, 3.63) is 40.9 Å². The zero-order valence-electron chi connectivity index (χ0n) is 17.8. The number of hydrogen-bond acceptors (Lipinski definition) is 8. The zero-order chi connectivity index (χ0) is 23.1. The molecule has 0 aliphatic carbocycles. The number of piperazine rings is 1. The molecule has 2 fully saturated rings. The third-order valence-electron chi connectivity index (χ3n) is 7.25. The van der Waals surface area contributed by atoms with Crippen molar-refractivity contribution in [3.63, 3.8) is 0 Å². The van der Waals surface area contributed by atoms with Crippen molar-refractivity contribution in [2.75, 3.05) is 23.8 Å². The Morgan fingerprint density at radius 1 is 1.29 bits per heavy atom. The van der Waals surface area contributed by atoms with Gasteiger partial charge >= 0.3 is 0 Å². The van der Waals surface area contributed by atoms with Crippen LogP contribution in [0.15, 0.2) is 24.5 Å². The van der Waals surface area contributed by atoms with Crippen LogP contribution in [-0.2, 0) is 0 Å². The number of halogens is 2. The Morgan fingerprint density at radius 3 is 3.03 bits per heavy atom. The molecule has 3 N–H and O–H groups in total. The number of nitrogens with zero attached hydrogens (tertiary/aromatic N) is 4. The third kappa shape index (κ3) is 2.59. The maximum absolute atomic E-state index is 16.3. The summed E-state index contributed by atoms with van der Waals surface area (Å²) < 4.78 is 23.4. The number of thiophene rings is 1. The van der Waals surface area contributed by atoms with Gasteiger partial charge < -0.3 is 20.7 Å². The predicted octanol–water partition coefficient (Wildman–Crippen LogP) is 4.46. The second-order valence-corrected chi connectivity index (χ2v) is 10.4. The first-order valence-electron chi connectivity index (χ1n) is 11.1. The molecule has 3 aliphatic heterocycles. The van der Waals surface area contributed by atoms with Gasteiger partial charge in [0.15, 0.2) is 11.6 Å². The summed E-state index contributed by atoms with van der Waals surface area (Å²) in [6.07, 6.45) is 3.56. The first kappa shape index (κ1) is 20.2. The fraction of sp³-hybridized carbons (Fsp3) is 0.292. The van der Waals surface area contributed by atoms with E-state index in [1.54, 1.807) is 12.1 Å². The summed E-state index contributed by atoms with van der Waals surface area (Å²) in [4.78, 5) is 11.1. The number of nitriles is 1. The lowest BCUT2D eigenvalue weighted by Crippen LogP contribution is -2.60. The Balaban J connectivity index is 1.53. The number of benzene rings is 2. The van der Waals surface area contributed by atoms with Crippen LogP contribution in [0.1, 0.15) is 18.4 Å². The zero-order valence-corrected chi connectivity index (χ0v) is 19.4. The van der Waals surface area contributed by atoms with E-state index in [9.17, 15) is 5.26 Å². The van der Waals surface area contributed by atoms with Gasteiger partial charge in [0.05, 0.1) is 22.0 Å². The highest BCUT2D eigenvalue weighted by Crippen LogP contribution is 2.50. The minimum absolute atomic E-state index is 0.0668. The molecule has 7 nitrogen and oxygen atoms in total. The van der Waals surface area contributed by atoms with Gasteiger partial charge in [-0.2, -0.15) is 5.26 Å². The molecule has 0 radical (unpaired) electrons. The molecule has 0 spiro atoms. The molecule has 3 aliphatic rings. The van der Waals surface area contributed by atoms with Crippen molar-refractivity contribution in [2.45, 2.75) is 31.0 Å². The van der Waals surface area contributed by atoms with E-state index < -0.39 is 5.82 Å². The van der Waals surface area contributed by atoms with Crippen molar-refractivity contribution in [3.8, 4) is 22.9 Å². The van der Waals surface area contributed by atoms with E-state index in [1.807, 2.05) is 6.07 Å². The van der Waals surface area contributed by atoms with E-state index in [1.165, 1.54) is 17.7 Å². The minimum Gasteiger partial charge on any atom is -0.489 e. The summed E-state index contributed by atoms with van der Waals surface area (Å²) >= 11 is 8.21. The van der Waals surface area contributed by atoms with Gasteiger partial charge in [-0.25, -0.2) is 14.4 Å². The largest absolute Gasteiger partial charge is 0.489 e. The molecule has 3 atom stereocenters. The van der Waals surface area contributed by atoms with E-state index in [0.717, 1.165) is 24.1 Å². The first-order valence-corrected chi connectivity index (χ1v) is 12.3. The van der Waals surface area contributed by atoms with Crippen LogP contribution in [0.3, 0.4) is 0 Å². The maximum Gasteiger partial charge on any atom is 0.159 e. The summed E-state index contributed by atoms with van der Waals surface area (Å²) in [5.74, 6) is 0.477. The number of anilines is 2. The fourth-order valence-corrected chi connectivity index (χ4v) is 7.05. The first-order chi connectivity index (χ1) is 16.6. The molecule has 7 rings (SSSR count). The number of aromatic nitrogens is 2. The van der Waals surface area contributed by atoms with Crippen molar-refractivity contribution in [1.82, 2.24) is 15.3 Å². The number of nitrogen functional groups attached to an aromatic ring is 1. The predicted molar refractivity (Wildman–Crippen MR) is 131 cm³/mol. The second-order valence-electron chi connectivity index (χ2n) is 8.96. The van der Waals surface area contributed by atoms with E-state index in [4.69, 9.17) is 22.1 Å². The topological polar surface area (TPSA) is 100 Å². The number of rotatable bonds is 1. The molecule has 4 aromatic rings. The van der Waals surface area contributed by atoms with Gasteiger partial charge in [0.25, 0.3) is 0 Å². The molecule has 34 heavy (non-hydrogen) atoms. The number of ether oxygens (including phenoxy) is 1. The molecule has 2 aromatic carbocycles. The summed E-state index contributed by atoms with van der Waals surface area (Å²) in [5, 5.41) is 15.0. The minimum atomic E-state index is -0.561. The number of nitrogens with two attached hydrogens (primary N) is 1. The fourth-order valence-electron chi connectivity index (χ4n) is 5.77. The van der Waals surface area contributed by atoms with E-state index >= 15 is 4.39 Å². The molecule has 0 amide bonds. The smallest absolute Gasteiger partial charge is 0.159 e. The Labute approximate surface area is 202 Å². The van der Waals surface area contributed by atoms with Gasteiger partial charge in [-0.3, -0.25) is 0 Å². The standard InChI is InChI=1S/C24H18ClFN6OS/c25-19-17(11-2-1-3-15-16(11)12(6-27)23(28)34-15)20(26)21-18-22(19)33-8-14-13-5-4-10(31-13)7-32(14)24(18)30-9-29-21/h1-3,9-10,13-14,31H,4-5,7-8,28H2/t10?,13?,14-/m1/s1. The van der Waals surface area contributed by atoms with Crippen molar-refractivity contribution in [1.29, 1.82) is 5.26 Å². The summed E-state index contributed by atoms with van der Waals surface area (Å²) in [7, 11) is 0. The normalized spacial score (nSPS) is 23.0. The highest BCUT2D eigenvalue weighted by molar-refractivity contribution is 7.23. The van der Waals surface area contributed by atoms with Crippen LogP contribution in [-0.4, -0.2) is 41.2 Å². The van der Waals surface area contributed by atoms with Crippen LogP contribution >= 0.6 is 22.9 Å². The number of nitrogens with one attached hydrogen (secondary N) is 1. The number of fused-ring (bicyclic) bond motifs is 6. The lowest BCUT2D eigenvalue weighted by atomic mass is 9.96. The Morgan fingerprint density at radius 2 is 2.18 bits per heavy atom. The van der Waals surface area contributed by atoms with Gasteiger partial charge in [-0.05, 0) is 24.5 Å². The average molecular weight is 493 g/mol. The quantitative estimate of drug-likeness (QED) is 0.404. The van der Waals surface area contributed by atoms with Crippen LogP contribution in [0.5, 0.6) is 5.75 Å². The monoisotopic (exact) mass is 492 g/mol. The lowest BCUT2D eigenvalue weighted by Gasteiger charge is -2.40. The molecule has 2 unspecified atom stereocenters. The van der Waals surface area contributed by atoms with Crippen LogP contribution < -0.4 is 20.7 Å². The van der Waals surface area contributed by atoms with Crippen LogP contribution in [0.2, 0.25) is 5.02 Å². The van der Waals surface area contributed by atoms with E-state index in [2.05, 4.69) is 26.3 Å². The van der Waals surface area contributed by atoms with Crippen molar-refractivity contribution >= 4 is 54.7 Å². The van der Waals surface area contributed by atoms with Crippen molar-refractivity contribution < 1.29 is 9.13 Å². The van der Waals surface area contributed by atoms with Gasteiger partial charge in [0.1, 0.15) is 35.3 Å². The second kappa shape index (κ2) is 7.15. The van der Waals surface area contributed by atoms with Crippen molar-refractivity contribution in [2.24, 2.45) is 0 Å². The molecule has 170 valence electrons.